The normalized spacial score (nSPS) is 17.0. The van der Waals surface area contributed by atoms with E-state index < -0.39 is 77.7 Å². The lowest BCUT2D eigenvalue weighted by Crippen LogP contribution is -2.52. The number of esters is 1. The summed E-state index contributed by atoms with van der Waals surface area (Å²) in [6.45, 7) is 2.07. The van der Waals surface area contributed by atoms with Gasteiger partial charge in [-0.1, -0.05) is 37.3 Å². The fourth-order valence-corrected chi connectivity index (χ4v) is 8.74. The van der Waals surface area contributed by atoms with Gasteiger partial charge >= 0.3 is 5.97 Å². The Labute approximate surface area is 377 Å². The molecule has 6 amide bonds. The van der Waals surface area contributed by atoms with Gasteiger partial charge in [0, 0.05) is 54.9 Å². The molecule has 0 unspecified atom stereocenters. The summed E-state index contributed by atoms with van der Waals surface area (Å²) in [5.41, 5.74) is 7.59. The van der Waals surface area contributed by atoms with Crippen molar-refractivity contribution in [1.82, 2.24) is 41.5 Å². The van der Waals surface area contributed by atoms with Gasteiger partial charge in [-0.15, -0.1) is 0 Å². The van der Waals surface area contributed by atoms with Crippen molar-refractivity contribution in [3.05, 3.63) is 97.6 Å². The number of aliphatic hydroxyl groups is 1. The van der Waals surface area contributed by atoms with Crippen LogP contribution in [0.25, 0.3) is 22.3 Å². The van der Waals surface area contributed by atoms with Gasteiger partial charge in [-0.2, -0.15) is 0 Å². The molecule has 348 valence electrons. The molecule has 0 fully saturated rings. The summed E-state index contributed by atoms with van der Waals surface area (Å²) in [6, 6.07) is 10.2. The number of hydrogen-bond donors (Lipinski definition) is 8. The molecule has 0 radical (unpaired) electrons. The van der Waals surface area contributed by atoms with Crippen LogP contribution in [0.15, 0.2) is 47.3 Å². The van der Waals surface area contributed by atoms with Crippen LogP contribution in [-0.2, 0) is 69.9 Å². The SMILES string of the molecule is CC[C@@]1(O)C(=O)OCc2c1cc1n(c2=O)Cc2c-1nc1cc(F)c(C)c3c1c2[C@@H](NC(=O)CCCNC(=O)CNC(=O)[C@H](Cc1ccccc1)NC(=O)CNC(=O)CNC(=O)CCN)CC3. The first-order valence-corrected chi connectivity index (χ1v) is 21.9. The predicted octanol–water partition coefficient (Wildman–Crippen LogP) is -0.0481. The molecule has 20 heteroatoms. The molecular formula is C46H52FN9O10. The predicted molar refractivity (Wildman–Crippen MR) is 235 cm³/mol. The number of aromatic nitrogens is 2. The molecule has 3 atom stereocenters. The van der Waals surface area contributed by atoms with Crippen LogP contribution in [0.1, 0.15) is 84.0 Å². The molecule has 4 aromatic rings. The van der Waals surface area contributed by atoms with Crippen LogP contribution in [0.2, 0.25) is 0 Å². The molecule has 2 aromatic heterocycles. The van der Waals surface area contributed by atoms with E-state index in [1.807, 2.05) is 0 Å². The van der Waals surface area contributed by atoms with Gasteiger partial charge < -0.3 is 52.0 Å². The van der Waals surface area contributed by atoms with Gasteiger partial charge in [0.05, 0.1) is 54.7 Å². The number of nitrogens with two attached hydrogens (primary N) is 1. The minimum Gasteiger partial charge on any atom is -0.458 e. The first kappa shape index (κ1) is 46.9. The van der Waals surface area contributed by atoms with Gasteiger partial charge in [0.2, 0.25) is 35.4 Å². The average Bonchev–Trinajstić information content (AvgIpc) is 3.67. The van der Waals surface area contributed by atoms with Crippen LogP contribution < -0.4 is 43.2 Å². The Morgan fingerprint density at radius 2 is 1.64 bits per heavy atom. The number of fused-ring (bicyclic) bond motifs is 5. The molecule has 7 rings (SSSR count). The van der Waals surface area contributed by atoms with Crippen molar-refractivity contribution in [3.63, 3.8) is 0 Å². The number of nitrogens with one attached hydrogen (secondary N) is 6. The van der Waals surface area contributed by atoms with Gasteiger partial charge in [0.15, 0.2) is 5.60 Å². The Hall–Kier alpha value is -7.06. The molecule has 9 N–H and O–H groups in total. The van der Waals surface area contributed by atoms with Crippen molar-refractivity contribution in [2.45, 2.75) is 89.6 Å². The van der Waals surface area contributed by atoms with E-state index in [9.17, 15) is 43.5 Å². The van der Waals surface area contributed by atoms with Gasteiger partial charge in [-0.25, -0.2) is 14.2 Å². The maximum atomic E-state index is 15.3. The summed E-state index contributed by atoms with van der Waals surface area (Å²) >= 11 is 0. The Balaban J connectivity index is 0.959. The van der Waals surface area contributed by atoms with Crippen LogP contribution in [-0.4, -0.2) is 94.8 Å². The number of nitrogens with zero attached hydrogens (tertiary/aromatic N) is 2. The molecule has 0 saturated heterocycles. The van der Waals surface area contributed by atoms with E-state index >= 15 is 4.39 Å². The molecule has 19 nitrogen and oxygen atoms in total. The summed E-state index contributed by atoms with van der Waals surface area (Å²) in [5.74, 6) is -4.50. The van der Waals surface area contributed by atoms with E-state index in [0.29, 0.717) is 51.8 Å². The van der Waals surface area contributed by atoms with E-state index in [1.54, 1.807) is 50.2 Å². The van der Waals surface area contributed by atoms with E-state index in [2.05, 4.69) is 31.9 Å². The number of ether oxygens (including phenoxy) is 1. The fourth-order valence-electron chi connectivity index (χ4n) is 8.74. The molecule has 0 saturated carbocycles. The molecule has 66 heavy (non-hydrogen) atoms. The summed E-state index contributed by atoms with van der Waals surface area (Å²) in [7, 11) is 0. The van der Waals surface area contributed by atoms with Crippen molar-refractivity contribution in [2.24, 2.45) is 5.73 Å². The number of rotatable bonds is 18. The number of cyclic esters (lactones) is 1. The standard InChI is InChI=1S/C46H52FN9O10/c1-3-46(65)29-17-34-42-27(22-56(34)44(63)28(29)23-66-45(46)64)41-31(12-11-26-24(2)30(47)18-32(55-42)40(26)41)53-36(58)10-7-15-49-37(59)20-52-43(62)33(16-25-8-5-4-6-9-25)54-39(61)21-51-38(60)19-50-35(57)13-14-48/h4-6,8-9,17-18,31,33,65H,3,7,10-16,19-23,48H2,1-2H3,(H,49,59)(H,50,57)(H,51,60)(H,52,62)(H,53,58)(H,54,61)/t31-,33-,46-/m0/s1. The second-order valence-electron chi connectivity index (χ2n) is 16.5. The fraction of sp³-hybridized carbons (Fsp3) is 0.413. The van der Waals surface area contributed by atoms with Crippen molar-refractivity contribution < 1.29 is 47.8 Å². The quantitative estimate of drug-likeness (QED) is 0.0425. The minimum atomic E-state index is -2.03. The van der Waals surface area contributed by atoms with Gasteiger partial charge in [0.1, 0.15) is 18.5 Å². The highest BCUT2D eigenvalue weighted by molar-refractivity contribution is 5.95. The molecule has 3 aliphatic rings. The summed E-state index contributed by atoms with van der Waals surface area (Å²) in [4.78, 5) is 107. The molecule has 0 bridgehead atoms. The second kappa shape index (κ2) is 20.0. The second-order valence-corrected chi connectivity index (χ2v) is 16.5. The monoisotopic (exact) mass is 909 g/mol. The zero-order valence-corrected chi connectivity index (χ0v) is 36.6. The maximum absolute atomic E-state index is 15.3. The number of pyridine rings is 2. The number of halogens is 1. The van der Waals surface area contributed by atoms with E-state index in [1.165, 1.54) is 10.6 Å². The molecular weight excluding hydrogens is 858 g/mol. The molecule has 2 aliphatic heterocycles. The largest absolute Gasteiger partial charge is 0.458 e. The van der Waals surface area contributed by atoms with E-state index in [4.69, 9.17) is 15.5 Å². The first-order valence-electron chi connectivity index (χ1n) is 21.9. The summed E-state index contributed by atoms with van der Waals surface area (Å²) in [5, 5.41) is 27.7. The lowest BCUT2D eigenvalue weighted by Gasteiger charge is -2.31. The average molecular weight is 910 g/mol. The van der Waals surface area contributed by atoms with Crippen molar-refractivity contribution in [2.75, 3.05) is 32.7 Å². The maximum Gasteiger partial charge on any atom is 0.343 e. The van der Waals surface area contributed by atoms with Crippen molar-refractivity contribution in [3.8, 4) is 11.4 Å². The van der Waals surface area contributed by atoms with Gasteiger partial charge in [-0.3, -0.25) is 33.6 Å². The van der Waals surface area contributed by atoms with E-state index in [-0.39, 0.29) is 81.9 Å². The first-order chi connectivity index (χ1) is 31.6. The van der Waals surface area contributed by atoms with Crippen molar-refractivity contribution in [1.29, 1.82) is 0 Å². The third-order valence-corrected chi connectivity index (χ3v) is 12.2. The number of amides is 6. The zero-order valence-electron chi connectivity index (χ0n) is 36.6. The Bertz CT molecular complexity index is 2690. The van der Waals surface area contributed by atoms with Crippen LogP contribution in [0, 0.1) is 12.7 Å². The zero-order chi connectivity index (χ0) is 47.3. The van der Waals surface area contributed by atoms with Crippen LogP contribution in [0.3, 0.4) is 0 Å². The van der Waals surface area contributed by atoms with E-state index in [0.717, 1.165) is 11.1 Å². The highest BCUT2D eigenvalue weighted by Crippen LogP contribution is 2.46. The summed E-state index contributed by atoms with van der Waals surface area (Å²) in [6.07, 6.45) is 1.24. The highest BCUT2D eigenvalue weighted by atomic mass is 19.1. The Kier molecular flexibility index (Phi) is 14.2. The number of benzene rings is 2. The number of hydrogen-bond acceptors (Lipinski definition) is 12. The van der Waals surface area contributed by atoms with Crippen molar-refractivity contribution >= 4 is 52.3 Å². The Morgan fingerprint density at radius 3 is 2.38 bits per heavy atom. The van der Waals surface area contributed by atoms with Crippen LogP contribution >= 0.6 is 0 Å². The third-order valence-electron chi connectivity index (χ3n) is 12.2. The third kappa shape index (κ3) is 9.79. The summed E-state index contributed by atoms with van der Waals surface area (Å²) < 4.78 is 22.0. The lowest BCUT2D eigenvalue weighted by atomic mass is 9.81. The topological polar surface area (TPSA) is 282 Å². The molecule has 2 aromatic carbocycles. The highest BCUT2D eigenvalue weighted by Gasteiger charge is 2.46. The van der Waals surface area contributed by atoms with Gasteiger partial charge in [0.25, 0.3) is 5.56 Å². The molecule has 1 aliphatic carbocycles. The number of aryl methyl sites for hydroxylation is 1. The molecule has 0 spiro atoms. The van der Waals surface area contributed by atoms with Gasteiger partial charge in [-0.05, 0) is 60.9 Å². The minimum absolute atomic E-state index is 0.0205. The smallest absolute Gasteiger partial charge is 0.343 e. The lowest BCUT2D eigenvalue weighted by molar-refractivity contribution is -0.172. The van der Waals surface area contributed by atoms with Crippen LogP contribution in [0.5, 0.6) is 0 Å². The number of carbonyl (C=O) groups excluding carboxylic acids is 7. The van der Waals surface area contributed by atoms with Crippen LogP contribution in [0.4, 0.5) is 4.39 Å². The number of carbonyl (C=O) groups is 7. The molecule has 4 heterocycles. The Morgan fingerprint density at radius 1 is 0.924 bits per heavy atom.